The molecule has 0 saturated carbocycles. The number of ether oxygens (including phenoxy) is 5. The third-order valence-corrected chi connectivity index (χ3v) is 11.8. The van der Waals surface area contributed by atoms with E-state index in [4.69, 9.17) is 23.7 Å². The lowest BCUT2D eigenvalue weighted by Gasteiger charge is -2.31. The summed E-state index contributed by atoms with van der Waals surface area (Å²) in [6.45, 7) is 11.4. The average Bonchev–Trinajstić information content (AvgIpc) is 3.23. The van der Waals surface area contributed by atoms with E-state index in [-0.39, 0.29) is 61.9 Å². The molecule has 0 heterocycles. The highest BCUT2D eigenvalue weighted by molar-refractivity contribution is 5.70. The fourth-order valence-electron chi connectivity index (χ4n) is 7.66. The van der Waals surface area contributed by atoms with Crippen molar-refractivity contribution in [2.75, 3.05) is 19.8 Å². The maximum Gasteiger partial charge on any atom is 0.305 e. The third kappa shape index (κ3) is 37.6. The van der Waals surface area contributed by atoms with Gasteiger partial charge in [0.05, 0.1) is 5.41 Å². The number of carbonyl (C=O) groups is 5. The van der Waals surface area contributed by atoms with Gasteiger partial charge in [-0.1, -0.05) is 150 Å². The molecule has 2 atom stereocenters. The van der Waals surface area contributed by atoms with Gasteiger partial charge in [-0.15, -0.1) is 0 Å². The Labute approximate surface area is 373 Å². The first-order chi connectivity index (χ1) is 29.5. The summed E-state index contributed by atoms with van der Waals surface area (Å²) in [5, 5.41) is 0. The van der Waals surface area contributed by atoms with E-state index in [1.165, 1.54) is 90.9 Å². The molecule has 0 fully saturated rings. The normalized spacial score (nSPS) is 13.2. The van der Waals surface area contributed by atoms with Crippen LogP contribution in [0, 0.1) is 5.41 Å². The van der Waals surface area contributed by atoms with Crippen LogP contribution in [0.1, 0.15) is 260 Å². The van der Waals surface area contributed by atoms with Gasteiger partial charge in [0, 0.05) is 33.1 Å². The molecule has 0 aromatic rings. The van der Waals surface area contributed by atoms with Gasteiger partial charge in [0.2, 0.25) is 0 Å². The van der Waals surface area contributed by atoms with E-state index in [2.05, 4.69) is 13.8 Å². The second-order valence-corrected chi connectivity index (χ2v) is 17.8. The minimum Gasteiger partial charge on any atom is -0.465 e. The summed E-state index contributed by atoms with van der Waals surface area (Å²) in [5.41, 5.74) is -0.811. The largest absolute Gasteiger partial charge is 0.465 e. The van der Waals surface area contributed by atoms with E-state index in [1.807, 2.05) is 13.8 Å². The van der Waals surface area contributed by atoms with Crippen LogP contribution in [-0.2, 0) is 47.7 Å². The summed E-state index contributed by atoms with van der Waals surface area (Å²) in [6, 6.07) is 0. The first-order valence-corrected chi connectivity index (χ1v) is 25.3. The highest BCUT2D eigenvalue weighted by Gasteiger charge is 2.34. The lowest BCUT2D eigenvalue weighted by molar-refractivity contribution is -0.162. The van der Waals surface area contributed by atoms with Gasteiger partial charge < -0.3 is 23.7 Å². The molecule has 0 amide bonds. The van der Waals surface area contributed by atoms with Gasteiger partial charge in [-0.2, -0.15) is 0 Å². The molecular formula is C51H94O10. The Hall–Kier alpha value is -2.65. The van der Waals surface area contributed by atoms with Crippen LogP contribution in [-0.4, -0.2) is 61.9 Å². The molecule has 0 spiro atoms. The molecule has 10 heteroatoms. The summed E-state index contributed by atoms with van der Waals surface area (Å²) in [6.07, 6.45) is 33.3. The molecule has 0 aromatic carbocycles. The van der Waals surface area contributed by atoms with Gasteiger partial charge >= 0.3 is 29.8 Å². The first kappa shape index (κ1) is 58.4. The molecule has 0 aliphatic rings. The Balaban J connectivity index is 4.65. The number of rotatable bonds is 44. The van der Waals surface area contributed by atoms with Gasteiger partial charge in [-0.05, 0) is 77.0 Å². The van der Waals surface area contributed by atoms with Gasteiger partial charge in [-0.3, -0.25) is 24.0 Å². The molecule has 0 bridgehead atoms. The van der Waals surface area contributed by atoms with Crippen LogP contribution >= 0.6 is 0 Å². The molecule has 0 saturated heterocycles. The summed E-state index contributed by atoms with van der Waals surface area (Å²) in [7, 11) is 0. The van der Waals surface area contributed by atoms with E-state index in [0.717, 1.165) is 116 Å². The van der Waals surface area contributed by atoms with Gasteiger partial charge in [0.25, 0.3) is 0 Å². The molecule has 10 nitrogen and oxygen atoms in total. The molecule has 0 N–H and O–H groups in total. The van der Waals surface area contributed by atoms with Crippen molar-refractivity contribution >= 4 is 29.8 Å². The van der Waals surface area contributed by atoms with Gasteiger partial charge in [-0.25, -0.2) is 0 Å². The Bertz CT molecular complexity index is 1020. The molecule has 0 aromatic heterocycles. The summed E-state index contributed by atoms with van der Waals surface area (Å²) in [4.78, 5) is 61.4. The van der Waals surface area contributed by atoms with E-state index < -0.39 is 5.41 Å². The Kier molecular flexibility index (Phi) is 39.6. The van der Waals surface area contributed by atoms with Crippen LogP contribution in [0.2, 0.25) is 0 Å². The van der Waals surface area contributed by atoms with Crippen molar-refractivity contribution in [2.45, 2.75) is 272 Å². The van der Waals surface area contributed by atoms with E-state index in [1.54, 1.807) is 0 Å². The molecular weight excluding hydrogens is 773 g/mol. The zero-order valence-electron chi connectivity index (χ0n) is 40.4. The number of esters is 5. The van der Waals surface area contributed by atoms with E-state index in [0.29, 0.717) is 25.7 Å². The van der Waals surface area contributed by atoms with E-state index in [9.17, 15) is 24.0 Å². The molecule has 61 heavy (non-hydrogen) atoms. The molecule has 358 valence electrons. The number of hydrogen-bond donors (Lipinski definition) is 0. The second-order valence-electron chi connectivity index (χ2n) is 17.8. The molecule has 0 rings (SSSR count). The van der Waals surface area contributed by atoms with Crippen LogP contribution in [0.5, 0.6) is 0 Å². The van der Waals surface area contributed by atoms with Gasteiger partial charge in [0.15, 0.2) is 0 Å². The number of unbranched alkanes of at least 4 members (excludes halogenated alkanes) is 21. The Morgan fingerprint density at radius 1 is 0.361 bits per heavy atom. The summed E-state index contributed by atoms with van der Waals surface area (Å²) >= 11 is 0. The van der Waals surface area contributed by atoms with Crippen LogP contribution in [0.25, 0.3) is 0 Å². The van der Waals surface area contributed by atoms with E-state index >= 15 is 0 Å². The number of hydrogen-bond acceptors (Lipinski definition) is 10. The summed E-state index contributed by atoms with van der Waals surface area (Å²) in [5.74, 6) is -1.32. The van der Waals surface area contributed by atoms with Crippen molar-refractivity contribution < 1.29 is 47.7 Å². The molecule has 0 aliphatic heterocycles. The van der Waals surface area contributed by atoms with Crippen molar-refractivity contribution in [2.24, 2.45) is 5.41 Å². The molecule has 0 radical (unpaired) electrons. The second kappa shape index (κ2) is 41.4. The average molecular weight is 867 g/mol. The monoisotopic (exact) mass is 867 g/mol. The predicted molar refractivity (Wildman–Crippen MR) is 246 cm³/mol. The quantitative estimate of drug-likeness (QED) is 0.0331. The van der Waals surface area contributed by atoms with Crippen molar-refractivity contribution in [3.8, 4) is 0 Å². The minimum atomic E-state index is -0.811. The zero-order valence-corrected chi connectivity index (χ0v) is 40.4. The predicted octanol–water partition coefficient (Wildman–Crippen LogP) is 13.8. The standard InChI is InChI=1S/C51H94O10/c1-7-11-14-16-18-22-28-34-46(60-44(5)52)36-30-24-20-26-32-39-49(55)58-42-51(10-4,41-57-48(54)38-13-9-3)43-59-50(56)40-33-27-21-25-31-37-47(61-45(6)53)35-29-23-19-17-15-12-8-2/h46-47H,7-43H2,1-6H3. The first-order valence-electron chi connectivity index (χ1n) is 25.3. The van der Waals surface area contributed by atoms with Crippen molar-refractivity contribution in [3.05, 3.63) is 0 Å². The highest BCUT2D eigenvalue weighted by atomic mass is 16.6. The third-order valence-electron chi connectivity index (χ3n) is 11.8. The maximum absolute atomic E-state index is 12.8. The molecule has 0 aliphatic carbocycles. The SMILES string of the molecule is CCCCCCCCCC(CCCCCCCC(=O)OCC(CC)(COC(=O)CCCC)COC(=O)CCCCCCCC(CCCCCCCCC)OC(C)=O)OC(C)=O. The summed E-state index contributed by atoms with van der Waals surface area (Å²) < 4.78 is 28.3. The van der Waals surface area contributed by atoms with Crippen molar-refractivity contribution in [1.82, 2.24) is 0 Å². The van der Waals surface area contributed by atoms with Crippen LogP contribution < -0.4 is 0 Å². The highest BCUT2D eigenvalue weighted by Crippen LogP contribution is 2.26. The Morgan fingerprint density at radius 2 is 0.623 bits per heavy atom. The van der Waals surface area contributed by atoms with Crippen LogP contribution in [0.3, 0.4) is 0 Å². The van der Waals surface area contributed by atoms with Crippen LogP contribution in [0.15, 0.2) is 0 Å². The minimum absolute atomic E-state index is 0.00773. The lowest BCUT2D eigenvalue weighted by Crippen LogP contribution is -2.39. The topological polar surface area (TPSA) is 132 Å². The maximum atomic E-state index is 12.8. The van der Waals surface area contributed by atoms with Crippen LogP contribution in [0.4, 0.5) is 0 Å². The Morgan fingerprint density at radius 3 is 0.902 bits per heavy atom. The molecule has 2 unspecified atom stereocenters. The van der Waals surface area contributed by atoms with Gasteiger partial charge in [0.1, 0.15) is 32.0 Å². The zero-order chi connectivity index (χ0) is 45.2. The number of carbonyl (C=O) groups excluding carboxylic acids is 5. The van der Waals surface area contributed by atoms with Crippen molar-refractivity contribution in [1.29, 1.82) is 0 Å². The fraction of sp³-hybridized carbons (Fsp3) is 0.902. The lowest BCUT2D eigenvalue weighted by atomic mass is 9.88. The van der Waals surface area contributed by atoms with Crippen molar-refractivity contribution in [3.63, 3.8) is 0 Å². The smallest absolute Gasteiger partial charge is 0.305 e. The fourth-order valence-corrected chi connectivity index (χ4v) is 7.66.